The van der Waals surface area contributed by atoms with Crippen LogP contribution in [0.15, 0.2) is 23.1 Å². The molecule has 0 atom stereocenters. The van der Waals surface area contributed by atoms with Gasteiger partial charge in [0, 0.05) is 51.8 Å². The van der Waals surface area contributed by atoms with Gasteiger partial charge in [-0.15, -0.1) is 0 Å². The maximum Gasteiger partial charge on any atom is 0.242 e. The number of carbonyl (C=O) groups is 2. The van der Waals surface area contributed by atoms with Crippen LogP contribution < -0.4 is 4.90 Å². The molecule has 0 N–H and O–H groups in total. The number of nitrogens with zero attached hydrogens (tertiary/aromatic N) is 3. The number of sulfonamides is 1. The number of amides is 2. The van der Waals surface area contributed by atoms with Crippen molar-refractivity contribution in [3.63, 3.8) is 0 Å². The van der Waals surface area contributed by atoms with Crippen molar-refractivity contribution >= 4 is 27.5 Å². The average molecular weight is 450 g/mol. The first-order chi connectivity index (χ1) is 14.7. The van der Waals surface area contributed by atoms with Crippen molar-refractivity contribution in [3.05, 3.63) is 23.8 Å². The molecule has 2 aliphatic heterocycles. The lowest BCUT2D eigenvalue weighted by atomic mass is 9.99. The zero-order valence-electron chi connectivity index (χ0n) is 19.0. The van der Waals surface area contributed by atoms with Crippen LogP contribution in [0.5, 0.6) is 0 Å². The Balaban J connectivity index is 1.61. The van der Waals surface area contributed by atoms with Crippen molar-refractivity contribution in [1.82, 2.24) is 9.21 Å². The first-order valence-electron chi connectivity index (χ1n) is 11.4. The molecule has 1 saturated heterocycles. The fourth-order valence-corrected chi connectivity index (χ4v) is 5.50. The second kappa shape index (κ2) is 10.1. The van der Waals surface area contributed by atoms with Crippen LogP contribution in [0.25, 0.3) is 0 Å². The lowest BCUT2D eigenvalue weighted by molar-refractivity contribution is -0.134. The molecule has 0 aliphatic carbocycles. The van der Waals surface area contributed by atoms with E-state index in [2.05, 4.69) is 6.92 Å². The van der Waals surface area contributed by atoms with Crippen LogP contribution in [-0.4, -0.2) is 62.7 Å². The van der Waals surface area contributed by atoms with E-state index >= 15 is 0 Å². The number of unbranched alkanes of at least 4 members (excludes halogenated alkanes) is 1. The molecule has 1 aromatic rings. The fourth-order valence-electron chi connectivity index (χ4n) is 4.24. The minimum Gasteiger partial charge on any atom is -0.343 e. The van der Waals surface area contributed by atoms with Crippen LogP contribution in [0.3, 0.4) is 0 Å². The van der Waals surface area contributed by atoms with Crippen LogP contribution in [0.1, 0.15) is 57.9 Å². The zero-order chi connectivity index (χ0) is 22.6. The van der Waals surface area contributed by atoms with Crippen LogP contribution in [0.4, 0.5) is 5.69 Å². The highest BCUT2D eigenvalue weighted by molar-refractivity contribution is 7.89. The van der Waals surface area contributed by atoms with E-state index in [-0.39, 0.29) is 29.6 Å². The van der Waals surface area contributed by atoms with Gasteiger partial charge in [-0.25, -0.2) is 12.7 Å². The second-order valence-corrected chi connectivity index (χ2v) is 10.9. The Bertz CT molecular complexity index is 907. The summed E-state index contributed by atoms with van der Waals surface area (Å²) >= 11 is 0. The molecule has 1 aromatic carbocycles. The van der Waals surface area contributed by atoms with E-state index in [0.717, 1.165) is 50.0 Å². The summed E-state index contributed by atoms with van der Waals surface area (Å²) in [6, 6.07) is 5.01. The Morgan fingerprint density at radius 1 is 1.10 bits per heavy atom. The molecule has 8 heteroatoms. The summed E-state index contributed by atoms with van der Waals surface area (Å²) in [4.78, 5) is 29.1. The third kappa shape index (κ3) is 5.47. The highest BCUT2D eigenvalue weighted by atomic mass is 32.2. The first-order valence-corrected chi connectivity index (χ1v) is 12.9. The van der Waals surface area contributed by atoms with Gasteiger partial charge in [0.05, 0.1) is 4.90 Å². The molecule has 0 bridgehead atoms. The molecular weight excluding hydrogens is 414 g/mol. The number of likely N-dealkylation sites (tertiary alicyclic amines) is 1. The molecule has 172 valence electrons. The molecule has 0 saturated carbocycles. The van der Waals surface area contributed by atoms with E-state index in [1.54, 1.807) is 30.1 Å². The Hall–Kier alpha value is -1.93. The lowest BCUT2D eigenvalue weighted by Crippen LogP contribution is -2.38. The number of rotatable bonds is 8. The number of anilines is 1. The smallest absolute Gasteiger partial charge is 0.242 e. The minimum absolute atomic E-state index is 0.0521. The topological polar surface area (TPSA) is 78.0 Å². The normalized spacial score (nSPS) is 17.3. The van der Waals surface area contributed by atoms with Gasteiger partial charge >= 0.3 is 0 Å². The zero-order valence-corrected chi connectivity index (χ0v) is 19.8. The van der Waals surface area contributed by atoms with Crippen LogP contribution in [0.2, 0.25) is 0 Å². The van der Waals surface area contributed by atoms with Crippen molar-refractivity contribution in [2.24, 2.45) is 5.92 Å². The molecule has 0 radical (unpaired) electrons. The standard InChI is InChI=1S/C23H35N3O4S/c1-4-5-13-24(3)31(29,30)20-6-7-21-19(17-20)12-16-26(21)23(28)9-8-22(27)25-14-10-18(2)11-15-25/h6-7,17-18H,4-5,8-16H2,1-3H3. The van der Waals surface area contributed by atoms with Crippen molar-refractivity contribution in [3.8, 4) is 0 Å². The van der Waals surface area contributed by atoms with E-state index < -0.39 is 10.0 Å². The van der Waals surface area contributed by atoms with Crippen LogP contribution in [0, 0.1) is 5.92 Å². The number of fused-ring (bicyclic) bond motifs is 1. The molecule has 3 rings (SSSR count). The number of benzene rings is 1. The minimum atomic E-state index is -3.53. The largest absolute Gasteiger partial charge is 0.343 e. The summed E-state index contributed by atoms with van der Waals surface area (Å²) < 4.78 is 27.0. The lowest BCUT2D eigenvalue weighted by Gasteiger charge is -2.30. The summed E-state index contributed by atoms with van der Waals surface area (Å²) in [5.74, 6) is 0.635. The van der Waals surface area contributed by atoms with E-state index in [0.29, 0.717) is 25.4 Å². The van der Waals surface area contributed by atoms with Crippen LogP contribution >= 0.6 is 0 Å². The molecule has 0 aromatic heterocycles. The number of piperidine rings is 1. The maximum atomic E-state index is 12.8. The van der Waals surface area contributed by atoms with Crippen molar-refractivity contribution in [2.75, 3.05) is 38.1 Å². The van der Waals surface area contributed by atoms with Gasteiger partial charge in [-0.2, -0.15) is 0 Å². The van der Waals surface area contributed by atoms with E-state index in [9.17, 15) is 18.0 Å². The molecule has 31 heavy (non-hydrogen) atoms. The molecule has 0 unspecified atom stereocenters. The number of hydrogen-bond acceptors (Lipinski definition) is 4. The quantitative estimate of drug-likeness (QED) is 0.611. The fraction of sp³-hybridized carbons (Fsp3) is 0.652. The summed E-state index contributed by atoms with van der Waals surface area (Å²) in [6.07, 6.45) is 4.84. The van der Waals surface area contributed by atoms with E-state index in [4.69, 9.17) is 0 Å². The monoisotopic (exact) mass is 449 g/mol. The molecule has 2 heterocycles. The third-order valence-electron chi connectivity index (χ3n) is 6.47. The Labute approximate surface area is 186 Å². The molecule has 1 fully saturated rings. The van der Waals surface area contributed by atoms with Gasteiger partial charge in [0.25, 0.3) is 0 Å². The van der Waals surface area contributed by atoms with Gasteiger partial charge in [-0.1, -0.05) is 20.3 Å². The van der Waals surface area contributed by atoms with Gasteiger partial charge in [-0.3, -0.25) is 9.59 Å². The number of hydrogen-bond donors (Lipinski definition) is 0. The SMILES string of the molecule is CCCCN(C)S(=O)(=O)c1ccc2c(c1)CCN2C(=O)CCC(=O)N1CCC(C)CC1. The highest BCUT2D eigenvalue weighted by Gasteiger charge is 2.29. The molecule has 0 spiro atoms. The predicted octanol–water partition coefficient (Wildman–Crippen LogP) is 3.04. The molecule has 7 nitrogen and oxygen atoms in total. The summed E-state index contributed by atoms with van der Waals surface area (Å²) in [5, 5.41) is 0. The second-order valence-electron chi connectivity index (χ2n) is 8.83. The average Bonchev–Trinajstić information content (AvgIpc) is 3.19. The highest BCUT2D eigenvalue weighted by Crippen LogP contribution is 2.31. The maximum absolute atomic E-state index is 12.8. The summed E-state index contributed by atoms with van der Waals surface area (Å²) in [6.45, 7) is 6.82. The van der Waals surface area contributed by atoms with Gasteiger partial charge in [0.2, 0.25) is 21.8 Å². The van der Waals surface area contributed by atoms with Crippen molar-refractivity contribution in [2.45, 2.75) is 63.7 Å². The van der Waals surface area contributed by atoms with Gasteiger partial charge in [-0.05, 0) is 55.4 Å². The summed E-state index contributed by atoms with van der Waals surface area (Å²) in [5.41, 5.74) is 1.63. The van der Waals surface area contributed by atoms with E-state index in [1.165, 1.54) is 4.31 Å². The number of carbonyl (C=O) groups excluding carboxylic acids is 2. The molecule has 2 aliphatic rings. The van der Waals surface area contributed by atoms with Gasteiger partial charge < -0.3 is 9.80 Å². The molecular formula is C23H35N3O4S. The Morgan fingerprint density at radius 3 is 2.45 bits per heavy atom. The van der Waals surface area contributed by atoms with Crippen LogP contribution in [-0.2, 0) is 26.0 Å². The van der Waals surface area contributed by atoms with Gasteiger partial charge in [0.1, 0.15) is 0 Å². The third-order valence-corrected chi connectivity index (χ3v) is 8.32. The van der Waals surface area contributed by atoms with Crippen molar-refractivity contribution < 1.29 is 18.0 Å². The molecule has 2 amide bonds. The van der Waals surface area contributed by atoms with Crippen molar-refractivity contribution in [1.29, 1.82) is 0 Å². The van der Waals surface area contributed by atoms with Gasteiger partial charge in [0.15, 0.2) is 0 Å². The van der Waals surface area contributed by atoms with E-state index in [1.807, 2.05) is 11.8 Å². The predicted molar refractivity (Wildman–Crippen MR) is 121 cm³/mol. The summed E-state index contributed by atoms with van der Waals surface area (Å²) in [7, 11) is -1.92. The first kappa shape index (κ1) is 23.7. The Kier molecular flexibility index (Phi) is 7.75. The Morgan fingerprint density at radius 2 is 1.77 bits per heavy atom.